The Balaban J connectivity index is 2.34. The molecule has 0 saturated heterocycles. The Kier molecular flexibility index (Phi) is 7.32. The molecule has 0 aliphatic heterocycles. The minimum atomic E-state index is -0.451. The lowest BCUT2D eigenvalue weighted by Crippen LogP contribution is -2.26. The summed E-state index contributed by atoms with van der Waals surface area (Å²) in [7, 11) is 0. The molecule has 0 bridgehead atoms. The summed E-state index contributed by atoms with van der Waals surface area (Å²) >= 11 is 0. The van der Waals surface area contributed by atoms with Gasteiger partial charge in [0, 0.05) is 18.2 Å². The molecule has 0 saturated carbocycles. The van der Waals surface area contributed by atoms with E-state index in [9.17, 15) is 14.9 Å². The summed E-state index contributed by atoms with van der Waals surface area (Å²) in [6.45, 7) is 2.80. The maximum Gasteiger partial charge on any atom is 0.273 e. The first-order chi connectivity index (χ1) is 9.65. The molecule has 0 fully saturated rings. The van der Waals surface area contributed by atoms with E-state index >= 15 is 0 Å². The number of nitrogens with zero attached hydrogens (tertiary/aromatic N) is 1. The highest BCUT2D eigenvalue weighted by Crippen LogP contribution is 2.17. The van der Waals surface area contributed by atoms with Crippen LogP contribution in [-0.4, -0.2) is 17.4 Å². The van der Waals surface area contributed by atoms with Crippen LogP contribution in [0.3, 0.4) is 0 Å². The molecule has 0 atom stereocenters. The van der Waals surface area contributed by atoms with Crippen LogP contribution in [0.1, 0.15) is 44.6 Å². The summed E-state index contributed by atoms with van der Waals surface area (Å²) in [5.74, 6) is -0.158. The fraction of sp³-hybridized carbons (Fsp3) is 0.533. The standard InChI is InChI=1S/C15H22N2O3/c1-2-3-4-5-8-11-16-15(18)12-13-9-6-7-10-14(13)17(19)20/h6-7,9-10H,2-5,8,11-12H2,1H3,(H,16,18). The van der Waals surface area contributed by atoms with Gasteiger partial charge < -0.3 is 5.32 Å². The average molecular weight is 278 g/mol. The number of hydrogen-bond acceptors (Lipinski definition) is 3. The van der Waals surface area contributed by atoms with Crippen molar-refractivity contribution in [1.82, 2.24) is 5.32 Å². The highest BCUT2D eigenvalue weighted by molar-refractivity contribution is 5.79. The Bertz CT molecular complexity index is 446. The number of benzene rings is 1. The first-order valence-electron chi connectivity index (χ1n) is 7.14. The summed E-state index contributed by atoms with van der Waals surface area (Å²) < 4.78 is 0. The van der Waals surface area contributed by atoms with E-state index in [1.807, 2.05) is 0 Å². The lowest BCUT2D eigenvalue weighted by atomic mass is 10.1. The zero-order chi connectivity index (χ0) is 14.8. The van der Waals surface area contributed by atoms with Crippen LogP contribution in [0.25, 0.3) is 0 Å². The van der Waals surface area contributed by atoms with Crippen LogP contribution in [0.15, 0.2) is 24.3 Å². The van der Waals surface area contributed by atoms with Crippen LogP contribution in [0.2, 0.25) is 0 Å². The summed E-state index contributed by atoms with van der Waals surface area (Å²) in [5.41, 5.74) is 0.464. The van der Waals surface area contributed by atoms with Gasteiger partial charge in [-0.3, -0.25) is 14.9 Å². The van der Waals surface area contributed by atoms with Gasteiger partial charge in [0.25, 0.3) is 5.69 Å². The molecule has 0 radical (unpaired) electrons. The number of rotatable bonds is 9. The maximum atomic E-state index is 11.7. The molecular weight excluding hydrogens is 256 g/mol. The average Bonchev–Trinajstić information content (AvgIpc) is 2.43. The summed E-state index contributed by atoms with van der Waals surface area (Å²) in [5, 5.41) is 13.7. The second-order valence-corrected chi connectivity index (χ2v) is 4.83. The SMILES string of the molecule is CCCCCCCNC(=O)Cc1ccccc1[N+](=O)[O-]. The topological polar surface area (TPSA) is 72.2 Å². The fourth-order valence-corrected chi connectivity index (χ4v) is 2.03. The molecule has 1 aromatic carbocycles. The van der Waals surface area contributed by atoms with E-state index in [1.165, 1.54) is 25.3 Å². The first-order valence-corrected chi connectivity index (χ1v) is 7.14. The third-order valence-corrected chi connectivity index (χ3v) is 3.14. The van der Waals surface area contributed by atoms with Crippen LogP contribution in [0.5, 0.6) is 0 Å². The number of hydrogen-bond donors (Lipinski definition) is 1. The van der Waals surface area contributed by atoms with E-state index in [0.29, 0.717) is 12.1 Å². The normalized spacial score (nSPS) is 10.2. The van der Waals surface area contributed by atoms with Gasteiger partial charge in [0.1, 0.15) is 0 Å². The molecule has 110 valence electrons. The zero-order valence-corrected chi connectivity index (χ0v) is 11.9. The van der Waals surface area contributed by atoms with E-state index < -0.39 is 4.92 Å². The first kappa shape index (κ1) is 16.1. The molecule has 0 aromatic heterocycles. The van der Waals surface area contributed by atoms with E-state index in [4.69, 9.17) is 0 Å². The van der Waals surface area contributed by atoms with Gasteiger partial charge in [0.15, 0.2) is 0 Å². The molecule has 0 spiro atoms. The van der Waals surface area contributed by atoms with E-state index in [1.54, 1.807) is 18.2 Å². The van der Waals surface area contributed by atoms with Gasteiger partial charge in [-0.05, 0) is 6.42 Å². The third-order valence-electron chi connectivity index (χ3n) is 3.14. The van der Waals surface area contributed by atoms with Gasteiger partial charge in [0.2, 0.25) is 5.91 Å². The molecule has 20 heavy (non-hydrogen) atoms. The Morgan fingerprint density at radius 1 is 1.20 bits per heavy atom. The van der Waals surface area contributed by atoms with Gasteiger partial charge in [-0.2, -0.15) is 0 Å². The van der Waals surface area contributed by atoms with Crippen molar-refractivity contribution in [2.45, 2.75) is 45.4 Å². The number of para-hydroxylation sites is 1. The van der Waals surface area contributed by atoms with E-state index in [-0.39, 0.29) is 18.0 Å². The second kappa shape index (κ2) is 9.07. The number of unbranched alkanes of at least 4 members (excludes halogenated alkanes) is 4. The number of nitro groups is 1. The Hall–Kier alpha value is -1.91. The van der Waals surface area contributed by atoms with Crippen molar-refractivity contribution < 1.29 is 9.72 Å². The molecule has 0 aliphatic carbocycles. The summed E-state index contributed by atoms with van der Waals surface area (Å²) in [6, 6.07) is 6.36. The van der Waals surface area contributed by atoms with Crippen molar-refractivity contribution in [3.63, 3.8) is 0 Å². The Morgan fingerprint density at radius 2 is 1.90 bits per heavy atom. The van der Waals surface area contributed by atoms with E-state index in [2.05, 4.69) is 12.2 Å². The van der Waals surface area contributed by atoms with Crippen LogP contribution in [0, 0.1) is 10.1 Å². The molecule has 0 heterocycles. The number of nitrogens with one attached hydrogen (secondary N) is 1. The van der Waals surface area contributed by atoms with Crippen LogP contribution in [0.4, 0.5) is 5.69 Å². The molecule has 1 amide bonds. The quantitative estimate of drug-likeness (QED) is 0.428. The molecule has 1 rings (SSSR count). The minimum Gasteiger partial charge on any atom is -0.356 e. The molecule has 5 heteroatoms. The van der Waals surface area contributed by atoms with Crippen molar-refractivity contribution in [3.8, 4) is 0 Å². The molecule has 0 unspecified atom stereocenters. The van der Waals surface area contributed by atoms with Crippen LogP contribution < -0.4 is 5.32 Å². The van der Waals surface area contributed by atoms with Crippen molar-refractivity contribution in [2.75, 3.05) is 6.54 Å². The van der Waals surface area contributed by atoms with Gasteiger partial charge >= 0.3 is 0 Å². The van der Waals surface area contributed by atoms with Gasteiger partial charge in [-0.1, -0.05) is 50.8 Å². The largest absolute Gasteiger partial charge is 0.356 e. The third kappa shape index (κ3) is 5.82. The van der Waals surface area contributed by atoms with Gasteiger partial charge in [-0.15, -0.1) is 0 Å². The Labute approximate surface area is 119 Å². The molecule has 1 N–H and O–H groups in total. The van der Waals surface area contributed by atoms with Crippen LogP contribution >= 0.6 is 0 Å². The number of carbonyl (C=O) groups excluding carboxylic acids is 1. The number of carbonyl (C=O) groups is 1. The summed E-state index contributed by atoms with van der Waals surface area (Å²) in [6.07, 6.45) is 5.75. The predicted octanol–water partition coefficient (Wildman–Crippen LogP) is 3.22. The second-order valence-electron chi connectivity index (χ2n) is 4.83. The smallest absolute Gasteiger partial charge is 0.273 e. The molecule has 0 aliphatic rings. The Morgan fingerprint density at radius 3 is 2.60 bits per heavy atom. The lowest BCUT2D eigenvalue weighted by Gasteiger charge is -2.05. The van der Waals surface area contributed by atoms with E-state index in [0.717, 1.165) is 12.8 Å². The number of amides is 1. The summed E-state index contributed by atoms with van der Waals surface area (Å²) in [4.78, 5) is 22.1. The highest BCUT2D eigenvalue weighted by Gasteiger charge is 2.14. The zero-order valence-electron chi connectivity index (χ0n) is 11.9. The van der Waals surface area contributed by atoms with Crippen LogP contribution in [-0.2, 0) is 11.2 Å². The molecule has 5 nitrogen and oxygen atoms in total. The molecular formula is C15H22N2O3. The number of nitro benzene ring substituents is 1. The van der Waals surface area contributed by atoms with Crippen molar-refractivity contribution in [3.05, 3.63) is 39.9 Å². The highest BCUT2D eigenvalue weighted by atomic mass is 16.6. The lowest BCUT2D eigenvalue weighted by molar-refractivity contribution is -0.385. The van der Waals surface area contributed by atoms with Crippen molar-refractivity contribution >= 4 is 11.6 Å². The maximum absolute atomic E-state index is 11.7. The predicted molar refractivity (Wildman–Crippen MR) is 78.6 cm³/mol. The van der Waals surface area contributed by atoms with Crippen molar-refractivity contribution in [2.24, 2.45) is 0 Å². The van der Waals surface area contributed by atoms with Gasteiger partial charge in [0.05, 0.1) is 11.3 Å². The minimum absolute atomic E-state index is 0.00518. The monoisotopic (exact) mass is 278 g/mol. The van der Waals surface area contributed by atoms with Crippen molar-refractivity contribution in [1.29, 1.82) is 0 Å². The van der Waals surface area contributed by atoms with Gasteiger partial charge in [-0.25, -0.2) is 0 Å². The fourth-order valence-electron chi connectivity index (χ4n) is 2.03. The molecule has 1 aromatic rings.